The number of fused-ring (bicyclic) bond motifs is 9. The van der Waals surface area contributed by atoms with E-state index >= 15 is 0 Å². The predicted molar refractivity (Wildman–Crippen MR) is 211 cm³/mol. The lowest BCUT2D eigenvalue weighted by molar-refractivity contribution is 0.668. The number of nitrogens with zero attached hydrogens (tertiary/aromatic N) is 3. The zero-order chi connectivity index (χ0) is 33.5. The molecule has 4 heterocycles. The second-order valence-corrected chi connectivity index (χ2v) is 13.2. The standard InChI is InChI=1S/C47H29N3O/c1-2-9-30(10-3-1)31-11-8-12-34(25-31)49-42-15-6-4-13-36(42)38-26-32(17-20-44(38)49)33-18-21-45-39(27-33)37-14-5-7-16-43(37)50(45)35-19-22-46-40(28-35)41-29-48-24-23-47(41)51-46/h1-29H. The van der Waals surface area contributed by atoms with Crippen molar-refractivity contribution in [1.82, 2.24) is 14.1 Å². The van der Waals surface area contributed by atoms with Crippen LogP contribution in [0.5, 0.6) is 0 Å². The van der Waals surface area contributed by atoms with Crippen LogP contribution in [-0.2, 0) is 0 Å². The molecule has 11 rings (SSSR count). The van der Waals surface area contributed by atoms with E-state index in [9.17, 15) is 0 Å². The molecule has 4 aromatic heterocycles. The van der Waals surface area contributed by atoms with Crippen molar-refractivity contribution in [2.24, 2.45) is 0 Å². The summed E-state index contributed by atoms with van der Waals surface area (Å²) in [5, 5.41) is 7.03. The number of furan rings is 1. The van der Waals surface area contributed by atoms with E-state index in [1.165, 1.54) is 65.9 Å². The van der Waals surface area contributed by atoms with Gasteiger partial charge in [-0.05, 0) is 95.1 Å². The normalized spacial score (nSPS) is 11.9. The Morgan fingerprint density at radius 1 is 0.353 bits per heavy atom. The van der Waals surface area contributed by atoms with Gasteiger partial charge in [-0.15, -0.1) is 0 Å². The van der Waals surface area contributed by atoms with E-state index in [-0.39, 0.29) is 0 Å². The summed E-state index contributed by atoms with van der Waals surface area (Å²) in [6, 6.07) is 59.0. The van der Waals surface area contributed by atoms with E-state index in [1.54, 1.807) is 6.20 Å². The Morgan fingerprint density at radius 2 is 0.922 bits per heavy atom. The van der Waals surface area contributed by atoms with Crippen LogP contribution in [0.25, 0.3) is 99.2 Å². The quantitative estimate of drug-likeness (QED) is 0.190. The smallest absolute Gasteiger partial charge is 0.138 e. The first-order chi connectivity index (χ1) is 25.3. The summed E-state index contributed by atoms with van der Waals surface area (Å²) in [6.45, 7) is 0. The van der Waals surface area contributed by atoms with Crippen molar-refractivity contribution >= 4 is 65.6 Å². The average molecular weight is 652 g/mol. The Hall–Kier alpha value is -6.91. The molecule has 11 aromatic rings. The van der Waals surface area contributed by atoms with Crippen molar-refractivity contribution in [3.63, 3.8) is 0 Å². The van der Waals surface area contributed by atoms with Gasteiger partial charge in [0, 0.05) is 56.1 Å². The van der Waals surface area contributed by atoms with Crippen LogP contribution in [0.4, 0.5) is 0 Å². The summed E-state index contributed by atoms with van der Waals surface area (Å²) < 4.78 is 10.9. The van der Waals surface area contributed by atoms with Crippen molar-refractivity contribution in [2.75, 3.05) is 0 Å². The third kappa shape index (κ3) is 4.23. The highest BCUT2D eigenvalue weighted by Crippen LogP contribution is 2.39. The molecule has 0 saturated heterocycles. The van der Waals surface area contributed by atoms with E-state index in [4.69, 9.17) is 4.42 Å². The molecule has 0 radical (unpaired) electrons. The molecule has 0 spiro atoms. The molecule has 0 aliphatic rings. The Bertz CT molecular complexity index is 3140. The van der Waals surface area contributed by atoms with Gasteiger partial charge in [-0.1, -0.05) is 91.0 Å². The summed E-state index contributed by atoms with van der Waals surface area (Å²) >= 11 is 0. The molecule has 7 aromatic carbocycles. The number of aromatic nitrogens is 3. The molecule has 0 atom stereocenters. The zero-order valence-corrected chi connectivity index (χ0v) is 27.5. The molecule has 0 N–H and O–H groups in total. The minimum Gasteiger partial charge on any atom is -0.456 e. The fraction of sp³-hybridized carbons (Fsp3) is 0. The molecular formula is C47H29N3O. The van der Waals surface area contributed by atoms with Gasteiger partial charge in [-0.2, -0.15) is 0 Å². The van der Waals surface area contributed by atoms with Crippen LogP contribution >= 0.6 is 0 Å². The van der Waals surface area contributed by atoms with Gasteiger partial charge in [-0.3, -0.25) is 4.98 Å². The van der Waals surface area contributed by atoms with Crippen LogP contribution < -0.4 is 0 Å². The van der Waals surface area contributed by atoms with Gasteiger partial charge >= 0.3 is 0 Å². The molecule has 0 aliphatic heterocycles. The number of pyridine rings is 1. The highest BCUT2D eigenvalue weighted by atomic mass is 16.3. The number of benzene rings is 7. The van der Waals surface area contributed by atoms with E-state index in [0.717, 1.165) is 33.3 Å². The average Bonchev–Trinajstić information content (AvgIpc) is 3.85. The lowest BCUT2D eigenvalue weighted by Crippen LogP contribution is -1.94. The third-order valence-electron chi connectivity index (χ3n) is 10.4. The second-order valence-electron chi connectivity index (χ2n) is 13.2. The summed E-state index contributed by atoms with van der Waals surface area (Å²) in [5.74, 6) is 0. The topological polar surface area (TPSA) is 35.9 Å². The first-order valence-electron chi connectivity index (χ1n) is 17.3. The molecule has 4 heteroatoms. The van der Waals surface area contributed by atoms with Crippen molar-refractivity contribution < 1.29 is 4.42 Å². The van der Waals surface area contributed by atoms with Gasteiger partial charge < -0.3 is 13.6 Å². The highest BCUT2D eigenvalue weighted by molar-refractivity contribution is 6.13. The van der Waals surface area contributed by atoms with Crippen molar-refractivity contribution in [1.29, 1.82) is 0 Å². The fourth-order valence-electron chi connectivity index (χ4n) is 8.06. The molecule has 0 fully saturated rings. The maximum atomic E-state index is 6.12. The van der Waals surface area contributed by atoms with Crippen molar-refractivity contribution in [2.45, 2.75) is 0 Å². The Balaban J connectivity index is 1.07. The highest BCUT2D eigenvalue weighted by Gasteiger charge is 2.17. The summed E-state index contributed by atoms with van der Waals surface area (Å²) in [6.07, 6.45) is 3.66. The summed E-state index contributed by atoms with van der Waals surface area (Å²) in [4.78, 5) is 4.36. The van der Waals surface area contributed by atoms with Crippen LogP contribution in [0.15, 0.2) is 181 Å². The Labute approximate surface area is 293 Å². The minimum atomic E-state index is 0.852. The number of rotatable bonds is 4. The van der Waals surface area contributed by atoms with E-state index < -0.39 is 0 Å². The molecule has 0 bridgehead atoms. The first kappa shape index (κ1) is 28.0. The molecular weight excluding hydrogens is 623 g/mol. The second kappa shape index (κ2) is 10.8. The summed E-state index contributed by atoms with van der Waals surface area (Å²) in [7, 11) is 0. The summed E-state index contributed by atoms with van der Waals surface area (Å²) in [5.41, 5.74) is 13.5. The third-order valence-corrected chi connectivity index (χ3v) is 10.4. The first-order valence-corrected chi connectivity index (χ1v) is 17.3. The molecule has 0 amide bonds. The Morgan fingerprint density at radius 3 is 1.63 bits per heavy atom. The maximum Gasteiger partial charge on any atom is 0.138 e. The van der Waals surface area contributed by atoms with Crippen LogP contribution in [0.2, 0.25) is 0 Å². The predicted octanol–water partition coefficient (Wildman–Crippen LogP) is 12.5. The van der Waals surface area contributed by atoms with Crippen molar-refractivity contribution in [3.05, 3.63) is 176 Å². The molecule has 4 nitrogen and oxygen atoms in total. The van der Waals surface area contributed by atoms with Gasteiger partial charge in [0.25, 0.3) is 0 Å². The van der Waals surface area contributed by atoms with Crippen LogP contribution in [0.3, 0.4) is 0 Å². The van der Waals surface area contributed by atoms with Gasteiger partial charge in [0.05, 0.1) is 22.1 Å². The maximum absolute atomic E-state index is 6.12. The lowest BCUT2D eigenvalue weighted by Gasteiger charge is -2.11. The molecule has 0 unspecified atom stereocenters. The van der Waals surface area contributed by atoms with E-state index in [0.29, 0.717) is 0 Å². The van der Waals surface area contributed by atoms with Crippen molar-refractivity contribution in [3.8, 4) is 33.6 Å². The van der Waals surface area contributed by atoms with Crippen LogP contribution in [-0.4, -0.2) is 14.1 Å². The molecule has 0 aliphatic carbocycles. The van der Waals surface area contributed by atoms with E-state index in [2.05, 4.69) is 172 Å². The van der Waals surface area contributed by atoms with Gasteiger partial charge in [0.15, 0.2) is 0 Å². The number of hydrogen-bond acceptors (Lipinski definition) is 2. The van der Waals surface area contributed by atoms with Gasteiger partial charge in [0.1, 0.15) is 11.2 Å². The number of para-hydroxylation sites is 2. The fourth-order valence-corrected chi connectivity index (χ4v) is 8.06. The Kier molecular flexibility index (Phi) is 5.92. The van der Waals surface area contributed by atoms with E-state index in [1.807, 2.05) is 12.3 Å². The molecule has 51 heavy (non-hydrogen) atoms. The van der Waals surface area contributed by atoms with Crippen LogP contribution in [0, 0.1) is 0 Å². The van der Waals surface area contributed by atoms with Gasteiger partial charge in [0.2, 0.25) is 0 Å². The number of hydrogen-bond donors (Lipinski definition) is 0. The molecule has 238 valence electrons. The monoisotopic (exact) mass is 651 g/mol. The molecule has 0 saturated carbocycles. The van der Waals surface area contributed by atoms with Crippen LogP contribution in [0.1, 0.15) is 0 Å². The SMILES string of the molecule is c1ccc(-c2cccc(-n3c4ccccc4c4cc(-c5ccc6c(c5)c5ccccc5n6-c5ccc6oc7ccncc7c6c5)ccc43)c2)cc1. The van der Waals surface area contributed by atoms with Gasteiger partial charge in [-0.25, -0.2) is 0 Å². The zero-order valence-electron chi connectivity index (χ0n) is 27.5. The lowest BCUT2D eigenvalue weighted by atomic mass is 10.0. The largest absolute Gasteiger partial charge is 0.456 e. The minimum absolute atomic E-state index is 0.852.